The topological polar surface area (TPSA) is 93.0 Å². The number of methoxy groups -OCH3 is 1. The van der Waals surface area contributed by atoms with Crippen molar-refractivity contribution in [3.05, 3.63) is 71.5 Å². The van der Waals surface area contributed by atoms with Crippen LogP contribution >= 0.6 is 0 Å². The zero-order chi connectivity index (χ0) is 24.3. The van der Waals surface area contributed by atoms with Gasteiger partial charge in [0.15, 0.2) is 0 Å². The van der Waals surface area contributed by atoms with E-state index in [1.165, 1.54) is 7.11 Å². The fourth-order valence-corrected chi connectivity index (χ4v) is 6.19. The molecular formula is C26H24N4O4S. The van der Waals surface area contributed by atoms with Crippen LogP contribution in [0.1, 0.15) is 23.1 Å². The summed E-state index contributed by atoms with van der Waals surface area (Å²) in [7, 11) is -2.39. The molecule has 1 amide bonds. The van der Waals surface area contributed by atoms with Gasteiger partial charge < -0.3 is 14.0 Å². The first-order valence-electron chi connectivity index (χ1n) is 11.5. The summed E-state index contributed by atoms with van der Waals surface area (Å²) < 4.78 is 37.1. The van der Waals surface area contributed by atoms with Crippen LogP contribution in [0.2, 0.25) is 0 Å². The fourth-order valence-electron chi connectivity index (χ4n) is 5.02. The van der Waals surface area contributed by atoms with Crippen LogP contribution in [0.15, 0.2) is 59.8 Å². The lowest BCUT2D eigenvalue weighted by Crippen LogP contribution is -2.33. The van der Waals surface area contributed by atoms with Crippen molar-refractivity contribution in [1.82, 2.24) is 9.38 Å². The van der Waals surface area contributed by atoms with E-state index < -0.39 is 10.0 Å². The molecule has 2 aliphatic rings. The molecule has 8 nitrogen and oxygen atoms in total. The highest BCUT2D eigenvalue weighted by Gasteiger charge is 2.33. The van der Waals surface area contributed by atoms with Gasteiger partial charge in [-0.15, -0.1) is 0 Å². The Morgan fingerprint density at radius 1 is 1.06 bits per heavy atom. The van der Waals surface area contributed by atoms with Gasteiger partial charge in [0.1, 0.15) is 11.4 Å². The number of hydrogen-bond acceptors (Lipinski definition) is 5. The third-order valence-electron chi connectivity index (χ3n) is 6.75. The third-order valence-corrected chi connectivity index (χ3v) is 8.10. The second-order valence-electron chi connectivity index (χ2n) is 8.95. The molecule has 0 atom stereocenters. The molecule has 0 aliphatic carbocycles. The van der Waals surface area contributed by atoms with Crippen molar-refractivity contribution in [3.63, 3.8) is 0 Å². The van der Waals surface area contributed by atoms with Crippen molar-refractivity contribution in [2.75, 3.05) is 23.3 Å². The summed E-state index contributed by atoms with van der Waals surface area (Å²) in [5.41, 5.74) is 6.43. The van der Waals surface area contributed by atoms with E-state index in [9.17, 15) is 13.2 Å². The minimum absolute atomic E-state index is 0.105. The second-order valence-corrected chi connectivity index (χ2v) is 10.6. The monoisotopic (exact) mass is 488 g/mol. The highest BCUT2D eigenvalue weighted by Crippen LogP contribution is 2.39. The summed E-state index contributed by atoms with van der Waals surface area (Å²) >= 11 is 0. The first-order valence-corrected chi connectivity index (χ1v) is 12.9. The summed E-state index contributed by atoms with van der Waals surface area (Å²) in [6, 6.07) is 12.7. The molecule has 2 aliphatic heterocycles. The number of aromatic nitrogens is 2. The predicted molar refractivity (Wildman–Crippen MR) is 134 cm³/mol. The number of fused-ring (bicyclic) bond motifs is 1. The molecule has 4 aromatic rings. The van der Waals surface area contributed by atoms with Crippen molar-refractivity contribution < 1.29 is 17.9 Å². The smallest absolute Gasteiger partial charge is 0.262 e. The van der Waals surface area contributed by atoms with Crippen LogP contribution in [0.5, 0.6) is 5.75 Å². The standard InChI is InChI=1S/C26H24N4O4S/c1-16-4-3-10-29-15-22(27-26(16)29)17-5-7-23(34-2)21(14-17)28-35(32,33)20-12-18-6-8-24(31)30-11-9-19(13-20)25(18)30/h3-5,7,10,12-15,28H,6,8-9,11H2,1-2H3. The number of imidazole rings is 1. The molecule has 35 heavy (non-hydrogen) atoms. The summed E-state index contributed by atoms with van der Waals surface area (Å²) in [5, 5.41) is 0. The predicted octanol–water partition coefficient (Wildman–Crippen LogP) is 3.95. The fraction of sp³-hybridized carbons (Fsp3) is 0.231. The zero-order valence-corrected chi connectivity index (χ0v) is 20.2. The number of sulfonamides is 1. The van der Waals surface area contributed by atoms with Crippen molar-refractivity contribution in [2.24, 2.45) is 0 Å². The van der Waals surface area contributed by atoms with Crippen LogP contribution in [0.25, 0.3) is 16.9 Å². The highest BCUT2D eigenvalue weighted by molar-refractivity contribution is 7.92. The molecule has 0 unspecified atom stereocenters. The van der Waals surface area contributed by atoms with Gasteiger partial charge in [0, 0.05) is 30.9 Å². The molecule has 0 saturated heterocycles. The molecule has 2 aromatic heterocycles. The third kappa shape index (κ3) is 3.54. The number of carbonyl (C=O) groups excluding carboxylic acids is 1. The second kappa shape index (κ2) is 7.84. The van der Waals surface area contributed by atoms with Gasteiger partial charge in [-0.2, -0.15) is 0 Å². The number of anilines is 2. The minimum atomic E-state index is -3.90. The number of nitrogens with zero attached hydrogens (tertiary/aromatic N) is 3. The maximum Gasteiger partial charge on any atom is 0.262 e. The van der Waals surface area contributed by atoms with Crippen molar-refractivity contribution in [2.45, 2.75) is 31.1 Å². The van der Waals surface area contributed by atoms with Crippen LogP contribution in [0, 0.1) is 6.92 Å². The largest absolute Gasteiger partial charge is 0.495 e. The van der Waals surface area contributed by atoms with Gasteiger partial charge in [-0.25, -0.2) is 13.4 Å². The average Bonchev–Trinajstić information content (AvgIpc) is 3.47. The van der Waals surface area contributed by atoms with Crippen LogP contribution in [-0.4, -0.2) is 37.4 Å². The molecule has 4 heterocycles. The normalized spacial score (nSPS) is 14.9. The van der Waals surface area contributed by atoms with Gasteiger partial charge in [0.25, 0.3) is 10.0 Å². The first kappa shape index (κ1) is 21.7. The summed E-state index contributed by atoms with van der Waals surface area (Å²) in [4.78, 5) is 18.9. The number of nitrogens with one attached hydrogen (secondary N) is 1. The Kier molecular flexibility index (Phi) is 4.86. The van der Waals surface area contributed by atoms with Crippen molar-refractivity contribution in [3.8, 4) is 17.0 Å². The molecule has 9 heteroatoms. The number of aryl methyl sites for hydroxylation is 2. The average molecular weight is 489 g/mol. The zero-order valence-electron chi connectivity index (χ0n) is 19.4. The Balaban J connectivity index is 1.38. The van der Waals surface area contributed by atoms with E-state index in [0.29, 0.717) is 37.2 Å². The van der Waals surface area contributed by atoms with E-state index in [1.807, 2.05) is 41.9 Å². The minimum Gasteiger partial charge on any atom is -0.495 e. The number of amides is 1. The number of carbonyl (C=O) groups is 1. The lowest BCUT2D eigenvalue weighted by molar-refractivity contribution is -0.118. The van der Waals surface area contributed by atoms with Gasteiger partial charge in [0.2, 0.25) is 5.91 Å². The molecule has 0 bridgehead atoms. The highest BCUT2D eigenvalue weighted by atomic mass is 32.2. The van der Waals surface area contributed by atoms with Crippen LogP contribution in [0.3, 0.4) is 0 Å². The quantitative estimate of drug-likeness (QED) is 0.459. The van der Waals surface area contributed by atoms with E-state index in [2.05, 4.69) is 4.72 Å². The van der Waals surface area contributed by atoms with E-state index in [0.717, 1.165) is 39.3 Å². The molecule has 0 radical (unpaired) electrons. The van der Waals surface area contributed by atoms with Gasteiger partial charge in [-0.05, 0) is 72.9 Å². The van der Waals surface area contributed by atoms with Crippen LogP contribution < -0.4 is 14.4 Å². The molecule has 2 aromatic carbocycles. The van der Waals surface area contributed by atoms with Crippen LogP contribution in [0.4, 0.5) is 11.4 Å². The Morgan fingerprint density at radius 3 is 2.63 bits per heavy atom. The number of benzene rings is 2. The van der Waals surface area contributed by atoms with E-state index >= 15 is 0 Å². The van der Waals surface area contributed by atoms with Gasteiger partial charge in [-0.1, -0.05) is 6.07 Å². The van der Waals surface area contributed by atoms with Gasteiger partial charge in [0.05, 0.1) is 29.1 Å². The molecular weight excluding hydrogens is 464 g/mol. The lowest BCUT2D eigenvalue weighted by atomic mass is 10.00. The molecule has 0 spiro atoms. The first-order chi connectivity index (χ1) is 16.8. The number of rotatable bonds is 5. The van der Waals surface area contributed by atoms with E-state index in [-0.39, 0.29) is 10.8 Å². The van der Waals surface area contributed by atoms with Crippen molar-refractivity contribution in [1.29, 1.82) is 0 Å². The van der Waals surface area contributed by atoms with E-state index in [4.69, 9.17) is 9.72 Å². The van der Waals surface area contributed by atoms with Gasteiger partial charge in [-0.3, -0.25) is 9.52 Å². The maximum atomic E-state index is 13.5. The Bertz CT molecular complexity index is 1620. The number of ether oxygens (including phenoxy) is 1. The molecule has 1 N–H and O–H groups in total. The number of pyridine rings is 1. The maximum absolute atomic E-state index is 13.5. The molecule has 0 saturated carbocycles. The Morgan fingerprint density at radius 2 is 1.86 bits per heavy atom. The number of hydrogen-bond donors (Lipinski definition) is 1. The summed E-state index contributed by atoms with van der Waals surface area (Å²) in [6.07, 6.45) is 5.45. The van der Waals surface area contributed by atoms with E-state index in [1.54, 1.807) is 29.2 Å². The SMILES string of the molecule is COc1ccc(-c2cn3cccc(C)c3n2)cc1NS(=O)(=O)c1cc2c3c(c1)CCN3C(=O)CC2. The Hall–Kier alpha value is -3.85. The Labute approximate surface area is 203 Å². The van der Waals surface area contributed by atoms with Crippen molar-refractivity contribution >= 4 is 33.0 Å². The van der Waals surface area contributed by atoms with Gasteiger partial charge >= 0.3 is 0 Å². The summed E-state index contributed by atoms with van der Waals surface area (Å²) in [6.45, 7) is 2.60. The molecule has 6 rings (SSSR count). The summed E-state index contributed by atoms with van der Waals surface area (Å²) in [5.74, 6) is 0.519. The molecule has 0 fully saturated rings. The molecule has 178 valence electrons. The lowest BCUT2D eigenvalue weighted by Gasteiger charge is -2.25. The van der Waals surface area contributed by atoms with Crippen LogP contribution in [-0.2, 0) is 27.7 Å².